The van der Waals surface area contributed by atoms with E-state index in [0.717, 1.165) is 5.69 Å². The van der Waals surface area contributed by atoms with Crippen LogP contribution in [-0.4, -0.2) is 24.1 Å². The van der Waals surface area contributed by atoms with Gasteiger partial charge in [-0.1, -0.05) is 6.07 Å². The number of hydrogen-bond acceptors (Lipinski definition) is 3. The van der Waals surface area contributed by atoms with E-state index in [1.807, 2.05) is 6.07 Å². The molecule has 0 unspecified atom stereocenters. The molecule has 16 heavy (non-hydrogen) atoms. The highest BCUT2D eigenvalue weighted by Crippen LogP contribution is 2.19. The highest BCUT2D eigenvalue weighted by molar-refractivity contribution is 5.15. The third kappa shape index (κ3) is 3.73. The van der Waals surface area contributed by atoms with Gasteiger partial charge in [0.1, 0.15) is 0 Å². The van der Waals surface area contributed by atoms with Gasteiger partial charge in [-0.25, -0.2) is 13.8 Å². The normalized spacial score (nSPS) is 15.4. The molecule has 1 N–H and O–H groups in total. The zero-order chi connectivity index (χ0) is 11.4. The van der Waals surface area contributed by atoms with Crippen LogP contribution in [0.2, 0.25) is 0 Å². The molecule has 0 aliphatic heterocycles. The Morgan fingerprint density at radius 2 is 2.25 bits per heavy atom. The first-order chi connectivity index (χ1) is 7.74. The number of aromatic nitrogens is 1. The number of nitrogens with zero attached hydrogens (tertiary/aromatic N) is 1. The molecule has 1 aromatic rings. The van der Waals surface area contributed by atoms with E-state index in [2.05, 4.69) is 10.3 Å². The van der Waals surface area contributed by atoms with E-state index in [1.165, 1.54) is 12.8 Å². The predicted molar refractivity (Wildman–Crippen MR) is 55.6 cm³/mol. The molecule has 0 atom stereocenters. The molecular formula is C11H14F2N2O. The van der Waals surface area contributed by atoms with Gasteiger partial charge in [0, 0.05) is 18.7 Å². The quantitative estimate of drug-likeness (QED) is 0.808. The van der Waals surface area contributed by atoms with Gasteiger partial charge >= 0.3 is 0 Å². The van der Waals surface area contributed by atoms with E-state index in [9.17, 15) is 8.78 Å². The number of halogens is 2. The summed E-state index contributed by atoms with van der Waals surface area (Å²) in [5, 5.41) is 3.30. The summed E-state index contributed by atoms with van der Waals surface area (Å²) >= 11 is 0. The Balaban J connectivity index is 1.84. The molecule has 0 amide bonds. The maximum absolute atomic E-state index is 11.9. The lowest BCUT2D eigenvalue weighted by Gasteiger charge is -2.06. The van der Waals surface area contributed by atoms with Crippen molar-refractivity contribution < 1.29 is 13.5 Å². The second-order valence-corrected chi connectivity index (χ2v) is 3.82. The van der Waals surface area contributed by atoms with Gasteiger partial charge in [0.05, 0.1) is 5.69 Å². The highest BCUT2D eigenvalue weighted by atomic mass is 19.3. The summed E-state index contributed by atoms with van der Waals surface area (Å²) in [5.74, 6) is 0.260. The molecule has 1 aromatic heterocycles. The van der Waals surface area contributed by atoms with E-state index in [-0.39, 0.29) is 5.88 Å². The average Bonchev–Trinajstić information content (AvgIpc) is 3.08. The van der Waals surface area contributed by atoms with Crippen LogP contribution in [0.3, 0.4) is 0 Å². The fourth-order valence-electron chi connectivity index (χ4n) is 1.32. The minimum Gasteiger partial charge on any atom is -0.472 e. The van der Waals surface area contributed by atoms with Crippen molar-refractivity contribution in [1.82, 2.24) is 10.3 Å². The summed E-state index contributed by atoms with van der Waals surface area (Å²) in [7, 11) is 0. The highest BCUT2D eigenvalue weighted by Gasteiger charge is 2.20. The first-order valence-electron chi connectivity index (χ1n) is 5.34. The zero-order valence-corrected chi connectivity index (χ0v) is 8.83. The van der Waals surface area contributed by atoms with Crippen LogP contribution >= 0.6 is 0 Å². The SMILES string of the molecule is FC(F)COc1cccc(CNC2CC2)n1. The number of ether oxygens (including phenoxy) is 1. The van der Waals surface area contributed by atoms with Crippen LogP contribution < -0.4 is 10.1 Å². The van der Waals surface area contributed by atoms with Gasteiger partial charge in [0.15, 0.2) is 6.61 Å². The lowest BCUT2D eigenvalue weighted by molar-refractivity contribution is 0.0795. The van der Waals surface area contributed by atoms with Gasteiger partial charge in [-0.15, -0.1) is 0 Å². The van der Waals surface area contributed by atoms with Gasteiger partial charge in [-0.05, 0) is 18.9 Å². The largest absolute Gasteiger partial charge is 0.472 e. The van der Waals surface area contributed by atoms with Crippen molar-refractivity contribution in [2.75, 3.05) is 6.61 Å². The molecule has 0 bridgehead atoms. The molecular weight excluding hydrogens is 214 g/mol. The van der Waals surface area contributed by atoms with Crippen LogP contribution in [0.15, 0.2) is 18.2 Å². The summed E-state index contributed by atoms with van der Waals surface area (Å²) in [5.41, 5.74) is 0.818. The van der Waals surface area contributed by atoms with Gasteiger partial charge < -0.3 is 10.1 Å². The molecule has 3 nitrogen and oxygen atoms in total. The van der Waals surface area contributed by atoms with Crippen molar-refractivity contribution in [3.05, 3.63) is 23.9 Å². The molecule has 88 valence electrons. The minimum atomic E-state index is -2.46. The Hall–Kier alpha value is -1.23. The average molecular weight is 228 g/mol. The van der Waals surface area contributed by atoms with Crippen molar-refractivity contribution in [2.45, 2.75) is 31.9 Å². The minimum absolute atomic E-state index is 0.260. The second kappa shape index (κ2) is 5.21. The number of hydrogen-bond donors (Lipinski definition) is 1. The summed E-state index contributed by atoms with van der Waals surface area (Å²) in [6, 6.07) is 5.80. The number of alkyl halides is 2. The van der Waals surface area contributed by atoms with Crippen molar-refractivity contribution in [1.29, 1.82) is 0 Å². The molecule has 0 radical (unpaired) electrons. The maximum Gasteiger partial charge on any atom is 0.272 e. The Labute approximate surface area is 92.8 Å². The molecule has 1 heterocycles. The standard InChI is InChI=1S/C11H14F2N2O/c12-10(13)7-16-11-3-1-2-9(15-11)6-14-8-4-5-8/h1-3,8,10,14H,4-7H2. The molecule has 1 aliphatic carbocycles. The Kier molecular flexibility index (Phi) is 3.66. The second-order valence-electron chi connectivity index (χ2n) is 3.82. The van der Waals surface area contributed by atoms with E-state index in [1.54, 1.807) is 12.1 Å². The third-order valence-electron chi connectivity index (χ3n) is 2.29. The molecule has 1 fully saturated rings. The van der Waals surface area contributed by atoms with Gasteiger partial charge in [0.25, 0.3) is 6.43 Å². The van der Waals surface area contributed by atoms with Crippen LogP contribution in [-0.2, 0) is 6.54 Å². The Morgan fingerprint density at radius 1 is 1.44 bits per heavy atom. The monoisotopic (exact) mass is 228 g/mol. The van der Waals surface area contributed by atoms with Gasteiger partial charge in [0.2, 0.25) is 5.88 Å². The Morgan fingerprint density at radius 3 is 2.94 bits per heavy atom. The summed E-state index contributed by atoms with van der Waals surface area (Å²) < 4.78 is 28.7. The van der Waals surface area contributed by atoms with Crippen LogP contribution in [0, 0.1) is 0 Å². The first kappa shape index (κ1) is 11.3. The zero-order valence-electron chi connectivity index (χ0n) is 8.83. The predicted octanol–water partition coefficient (Wildman–Crippen LogP) is 1.98. The van der Waals surface area contributed by atoms with E-state index in [4.69, 9.17) is 4.74 Å². The maximum atomic E-state index is 11.9. The van der Waals surface area contributed by atoms with Crippen LogP contribution in [0.4, 0.5) is 8.78 Å². The molecule has 1 saturated carbocycles. The molecule has 2 rings (SSSR count). The van der Waals surface area contributed by atoms with E-state index >= 15 is 0 Å². The third-order valence-corrected chi connectivity index (χ3v) is 2.29. The van der Waals surface area contributed by atoms with Crippen LogP contribution in [0.1, 0.15) is 18.5 Å². The van der Waals surface area contributed by atoms with Crippen LogP contribution in [0.5, 0.6) is 5.88 Å². The summed E-state index contributed by atoms with van der Waals surface area (Å²) in [6.45, 7) is 0.0586. The molecule has 0 aromatic carbocycles. The lowest BCUT2D eigenvalue weighted by Crippen LogP contribution is -2.16. The van der Waals surface area contributed by atoms with Crippen molar-refractivity contribution in [3.63, 3.8) is 0 Å². The summed E-state index contributed by atoms with van der Waals surface area (Å²) in [6.07, 6.45) is -0.0431. The smallest absolute Gasteiger partial charge is 0.272 e. The molecule has 0 saturated heterocycles. The Bertz CT molecular complexity index is 321. The van der Waals surface area contributed by atoms with Gasteiger partial charge in [-0.3, -0.25) is 0 Å². The summed E-state index contributed by atoms with van der Waals surface area (Å²) in [4.78, 5) is 4.13. The molecule has 1 aliphatic rings. The topological polar surface area (TPSA) is 34.1 Å². The number of nitrogens with one attached hydrogen (secondary N) is 1. The molecule has 5 heteroatoms. The van der Waals surface area contributed by atoms with Crippen LogP contribution in [0.25, 0.3) is 0 Å². The fourth-order valence-corrected chi connectivity index (χ4v) is 1.32. The van der Waals surface area contributed by atoms with Gasteiger partial charge in [-0.2, -0.15) is 0 Å². The number of rotatable bonds is 6. The molecule has 0 spiro atoms. The number of pyridine rings is 1. The lowest BCUT2D eigenvalue weighted by atomic mass is 10.3. The van der Waals surface area contributed by atoms with Crippen molar-refractivity contribution >= 4 is 0 Å². The van der Waals surface area contributed by atoms with Crippen molar-refractivity contribution in [3.8, 4) is 5.88 Å². The van der Waals surface area contributed by atoms with Crippen molar-refractivity contribution in [2.24, 2.45) is 0 Å². The fraction of sp³-hybridized carbons (Fsp3) is 0.545. The van der Waals surface area contributed by atoms with E-state index < -0.39 is 13.0 Å². The first-order valence-corrected chi connectivity index (χ1v) is 5.34. The van der Waals surface area contributed by atoms with E-state index in [0.29, 0.717) is 12.6 Å².